The highest BCUT2D eigenvalue weighted by Gasteiger charge is 2.35. The number of fused-ring (bicyclic) bond motifs is 1. The fraction of sp³-hybridized carbons (Fsp3) is 0.565. The Morgan fingerprint density at radius 2 is 1.82 bits per heavy atom. The fourth-order valence-electron chi connectivity index (χ4n) is 5.44. The lowest BCUT2D eigenvalue weighted by Gasteiger charge is -2.48. The summed E-state index contributed by atoms with van der Waals surface area (Å²) < 4.78 is 3.06. The molecule has 10 nitrogen and oxygen atoms in total. The molecule has 10 heteroatoms. The number of carboxylic acids is 1. The summed E-state index contributed by atoms with van der Waals surface area (Å²) in [6.07, 6.45) is 2.68. The van der Waals surface area contributed by atoms with E-state index < -0.39 is 17.9 Å². The number of aliphatic carboxylic acids is 1. The average molecular weight is 456 g/mol. The summed E-state index contributed by atoms with van der Waals surface area (Å²) in [7, 11) is 1.71. The second-order valence-electron chi connectivity index (χ2n) is 9.49. The van der Waals surface area contributed by atoms with Crippen LogP contribution in [0.15, 0.2) is 23.0 Å². The van der Waals surface area contributed by atoms with Crippen molar-refractivity contribution < 1.29 is 19.5 Å². The van der Waals surface area contributed by atoms with Crippen molar-refractivity contribution in [2.75, 3.05) is 31.1 Å². The normalized spacial score (nSPS) is 23.1. The number of rotatable bonds is 5. The number of hydrogen-bond donors (Lipinski definition) is 2. The summed E-state index contributed by atoms with van der Waals surface area (Å²) in [6.45, 7) is 3.69. The summed E-state index contributed by atoms with van der Waals surface area (Å²) in [5, 5.41) is 11.3. The van der Waals surface area contributed by atoms with Crippen molar-refractivity contribution in [1.82, 2.24) is 19.4 Å². The molecule has 0 saturated carbocycles. The molecule has 2 amide bonds. The summed E-state index contributed by atoms with van der Waals surface area (Å²) in [5.41, 5.74) is 2.23. The van der Waals surface area contributed by atoms with Crippen molar-refractivity contribution in [3.63, 3.8) is 0 Å². The Kier molecular flexibility index (Phi) is 5.48. The molecule has 0 bridgehead atoms. The van der Waals surface area contributed by atoms with Crippen LogP contribution in [0.1, 0.15) is 38.1 Å². The van der Waals surface area contributed by atoms with Crippen LogP contribution in [0, 0.1) is 5.92 Å². The number of aryl methyl sites for hydroxylation is 1. The van der Waals surface area contributed by atoms with Gasteiger partial charge in [0.15, 0.2) is 0 Å². The van der Waals surface area contributed by atoms with Gasteiger partial charge in [-0.15, -0.1) is 0 Å². The van der Waals surface area contributed by atoms with E-state index in [1.807, 2.05) is 18.2 Å². The minimum absolute atomic E-state index is 0.222. The minimum Gasteiger partial charge on any atom is -0.481 e. The van der Waals surface area contributed by atoms with Gasteiger partial charge in [0.2, 0.25) is 11.8 Å². The van der Waals surface area contributed by atoms with Gasteiger partial charge in [-0.05, 0) is 56.5 Å². The van der Waals surface area contributed by atoms with Crippen LogP contribution < -0.4 is 15.9 Å². The quantitative estimate of drug-likeness (QED) is 0.637. The predicted molar refractivity (Wildman–Crippen MR) is 121 cm³/mol. The van der Waals surface area contributed by atoms with E-state index in [1.54, 1.807) is 11.6 Å². The van der Waals surface area contributed by atoms with Crippen LogP contribution >= 0.6 is 0 Å². The first kappa shape index (κ1) is 21.7. The van der Waals surface area contributed by atoms with Gasteiger partial charge in [-0.3, -0.25) is 33.7 Å². The first-order chi connectivity index (χ1) is 15.8. The van der Waals surface area contributed by atoms with Crippen LogP contribution in [-0.2, 0) is 21.4 Å². The molecule has 3 saturated heterocycles. The zero-order valence-corrected chi connectivity index (χ0v) is 18.7. The number of amides is 2. The molecule has 1 aromatic heterocycles. The van der Waals surface area contributed by atoms with Crippen LogP contribution in [0.3, 0.4) is 0 Å². The minimum atomic E-state index is -0.709. The number of carboxylic acid groups (broad SMARTS) is 1. The standard InChI is InChI=1S/C23H29N5O5/c1-25-19-11-15(27-12-16(13-27)26-8-6-14(7-9-26)10-21(30)31)2-3-17(19)28(23(25)33)18-4-5-20(29)24-22(18)32/h2-3,11,14,16,18H,4-10,12-13H2,1H3,(H,30,31)(H,24,29,32). The summed E-state index contributed by atoms with van der Waals surface area (Å²) in [4.78, 5) is 52.5. The topological polar surface area (TPSA) is 117 Å². The lowest BCUT2D eigenvalue weighted by molar-refractivity contribution is -0.139. The molecule has 1 unspecified atom stereocenters. The first-order valence-electron chi connectivity index (χ1n) is 11.6. The van der Waals surface area contributed by atoms with Crippen molar-refractivity contribution in [3.8, 4) is 0 Å². The Hall–Kier alpha value is -3.14. The largest absolute Gasteiger partial charge is 0.481 e. The Bertz CT molecular complexity index is 1170. The number of aromatic nitrogens is 2. The van der Waals surface area contributed by atoms with Gasteiger partial charge in [-0.25, -0.2) is 4.79 Å². The molecular weight excluding hydrogens is 426 g/mol. The van der Waals surface area contributed by atoms with E-state index in [0.717, 1.165) is 50.2 Å². The Morgan fingerprint density at radius 1 is 1.09 bits per heavy atom. The molecule has 2 aromatic rings. The van der Waals surface area contributed by atoms with Gasteiger partial charge in [0.05, 0.1) is 11.0 Å². The SMILES string of the molecule is Cn1c(=O)n(C2CCC(=O)NC2=O)c2ccc(N3CC(N4CCC(CC(=O)O)CC4)C3)cc21. The molecule has 3 fully saturated rings. The van der Waals surface area contributed by atoms with E-state index >= 15 is 0 Å². The maximum Gasteiger partial charge on any atom is 0.329 e. The van der Waals surface area contributed by atoms with Crippen LogP contribution in [-0.4, -0.2) is 69.1 Å². The number of likely N-dealkylation sites (tertiary alicyclic amines) is 1. The van der Waals surface area contributed by atoms with Gasteiger partial charge in [0, 0.05) is 44.7 Å². The summed E-state index contributed by atoms with van der Waals surface area (Å²) >= 11 is 0. The molecule has 0 spiro atoms. The zero-order valence-electron chi connectivity index (χ0n) is 18.7. The third-order valence-electron chi connectivity index (χ3n) is 7.45. The second-order valence-corrected chi connectivity index (χ2v) is 9.49. The molecule has 3 aliphatic heterocycles. The van der Waals surface area contributed by atoms with Gasteiger partial charge in [0.25, 0.3) is 0 Å². The lowest BCUT2D eigenvalue weighted by atomic mass is 9.91. The maximum atomic E-state index is 12.9. The number of imidazole rings is 1. The van der Waals surface area contributed by atoms with E-state index in [4.69, 9.17) is 5.11 Å². The van der Waals surface area contributed by atoms with Crippen molar-refractivity contribution in [2.45, 2.75) is 44.2 Å². The summed E-state index contributed by atoms with van der Waals surface area (Å²) in [5.74, 6) is -1.15. The molecule has 0 radical (unpaired) electrons. The van der Waals surface area contributed by atoms with Gasteiger partial charge in [-0.2, -0.15) is 0 Å². The zero-order chi connectivity index (χ0) is 23.3. The average Bonchev–Trinajstić information content (AvgIpc) is 2.98. The van der Waals surface area contributed by atoms with E-state index in [1.165, 1.54) is 4.57 Å². The third kappa shape index (κ3) is 3.92. The fourth-order valence-corrected chi connectivity index (χ4v) is 5.44. The predicted octanol–water partition coefficient (Wildman–Crippen LogP) is 0.693. The molecular formula is C23H29N5O5. The van der Waals surface area contributed by atoms with Crippen molar-refractivity contribution >= 4 is 34.5 Å². The molecule has 3 aliphatic rings. The van der Waals surface area contributed by atoms with Crippen LogP contribution in [0.2, 0.25) is 0 Å². The van der Waals surface area contributed by atoms with Crippen molar-refractivity contribution in [3.05, 3.63) is 28.7 Å². The maximum absolute atomic E-state index is 12.9. The van der Waals surface area contributed by atoms with Crippen LogP contribution in [0.25, 0.3) is 11.0 Å². The van der Waals surface area contributed by atoms with Crippen LogP contribution in [0.4, 0.5) is 5.69 Å². The highest BCUT2D eigenvalue weighted by molar-refractivity contribution is 6.00. The lowest BCUT2D eigenvalue weighted by Crippen LogP contribution is -2.61. The number of nitrogens with zero attached hydrogens (tertiary/aromatic N) is 4. The Morgan fingerprint density at radius 3 is 2.48 bits per heavy atom. The number of piperidine rings is 2. The molecule has 176 valence electrons. The number of nitrogens with one attached hydrogen (secondary N) is 1. The first-order valence-corrected chi connectivity index (χ1v) is 11.6. The molecule has 1 atom stereocenters. The Balaban J connectivity index is 1.28. The van der Waals surface area contributed by atoms with Gasteiger partial charge < -0.3 is 10.0 Å². The van der Waals surface area contributed by atoms with E-state index in [0.29, 0.717) is 18.0 Å². The highest BCUT2D eigenvalue weighted by atomic mass is 16.4. The van der Waals surface area contributed by atoms with Gasteiger partial charge in [-0.1, -0.05) is 0 Å². The van der Waals surface area contributed by atoms with E-state index in [9.17, 15) is 19.2 Å². The number of imide groups is 1. The van der Waals surface area contributed by atoms with Crippen molar-refractivity contribution in [1.29, 1.82) is 0 Å². The third-order valence-corrected chi connectivity index (χ3v) is 7.45. The number of hydrogen-bond acceptors (Lipinski definition) is 6. The van der Waals surface area contributed by atoms with Crippen LogP contribution in [0.5, 0.6) is 0 Å². The molecule has 5 rings (SSSR count). The van der Waals surface area contributed by atoms with Gasteiger partial charge >= 0.3 is 11.7 Å². The van der Waals surface area contributed by atoms with E-state index in [2.05, 4.69) is 15.1 Å². The number of anilines is 1. The monoisotopic (exact) mass is 455 g/mol. The van der Waals surface area contributed by atoms with Gasteiger partial charge in [0.1, 0.15) is 6.04 Å². The van der Waals surface area contributed by atoms with Crippen molar-refractivity contribution in [2.24, 2.45) is 13.0 Å². The number of carbonyl (C=O) groups excluding carboxylic acids is 2. The molecule has 2 N–H and O–H groups in total. The molecule has 4 heterocycles. The molecule has 0 aliphatic carbocycles. The number of benzene rings is 1. The highest BCUT2D eigenvalue weighted by Crippen LogP contribution is 2.31. The second kappa shape index (κ2) is 8.33. The molecule has 1 aromatic carbocycles. The van der Waals surface area contributed by atoms with E-state index in [-0.39, 0.29) is 30.4 Å². The molecule has 33 heavy (non-hydrogen) atoms. The summed E-state index contributed by atoms with van der Waals surface area (Å²) in [6, 6.07) is 5.65. The Labute approximate surface area is 190 Å². The number of carbonyl (C=O) groups is 3. The smallest absolute Gasteiger partial charge is 0.329 e.